The number of carbonyl (C=O) groups is 3. The minimum atomic E-state index is -5.30. The quantitative estimate of drug-likeness (QED) is 0.173. The number of aryl methyl sites for hydroxylation is 1. The van der Waals surface area contributed by atoms with Gasteiger partial charge in [-0.3, -0.25) is 9.36 Å². The second kappa shape index (κ2) is 12.6. The van der Waals surface area contributed by atoms with E-state index in [-0.39, 0.29) is 41.8 Å². The van der Waals surface area contributed by atoms with Gasteiger partial charge in [0.1, 0.15) is 11.4 Å². The maximum atomic E-state index is 14.4. The summed E-state index contributed by atoms with van der Waals surface area (Å²) in [4.78, 5) is 39.4. The molecule has 2 aromatic carbocycles. The molecule has 264 valence electrons. The molecule has 1 amide bonds. The molecule has 1 aromatic heterocycles. The number of rotatable bonds is 6. The summed E-state index contributed by atoms with van der Waals surface area (Å²) in [5.74, 6) is -5.91. The first kappa shape index (κ1) is 37.2. The lowest BCUT2D eigenvalue weighted by Gasteiger charge is -2.58. The highest BCUT2D eigenvalue weighted by Crippen LogP contribution is 2.62. The Bertz CT molecular complexity index is 1840. The van der Waals surface area contributed by atoms with Gasteiger partial charge in [0.25, 0.3) is 0 Å². The van der Waals surface area contributed by atoms with Gasteiger partial charge in [-0.25, -0.2) is 18.4 Å². The van der Waals surface area contributed by atoms with Crippen LogP contribution in [0, 0.1) is 12.3 Å². The summed E-state index contributed by atoms with van der Waals surface area (Å²) in [6.45, 7) is 6.89. The van der Waals surface area contributed by atoms with E-state index in [2.05, 4.69) is 0 Å². The summed E-state index contributed by atoms with van der Waals surface area (Å²) in [6, 6.07) is 5.81. The lowest BCUT2D eigenvalue weighted by molar-refractivity contribution is -0.187. The zero-order valence-electron chi connectivity index (χ0n) is 28.5. The highest BCUT2D eigenvalue weighted by atomic mass is 19.4. The molecule has 1 unspecified atom stereocenters. The number of fused-ring (bicyclic) bond motifs is 1. The maximum Gasteiger partial charge on any atom is 0.471 e. The lowest BCUT2D eigenvalue weighted by Crippen LogP contribution is -2.58. The van der Waals surface area contributed by atoms with E-state index in [1.807, 2.05) is 5.32 Å². The molecular formula is C34H36B2F5N3O6. The summed E-state index contributed by atoms with van der Waals surface area (Å²) in [5, 5.41) is 0.235. The van der Waals surface area contributed by atoms with Crippen molar-refractivity contribution in [2.75, 3.05) is 26.1 Å². The molecule has 1 saturated heterocycles. The fourth-order valence-electron chi connectivity index (χ4n) is 7.30. The van der Waals surface area contributed by atoms with Crippen molar-refractivity contribution in [3.05, 3.63) is 58.8 Å². The summed E-state index contributed by atoms with van der Waals surface area (Å²) >= 11 is 0. The van der Waals surface area contributed by atoms with Crippen LogP contribution in [0.15, 0.2) is 36.5 Å². The van der Waals surface area contributed by atoms with E-state index in [1.165, 1.54) is 30.0 Å². The number of likely N-dealkylation sites (tertiary alicyclic amines) is 1. The van der Waals surface area contributed by atoms with Gasteiger partial charge < -0.3 is 24.4 Å². The Labute approximate surface area is 288 Å². The van der Waals surface area contributed by atoms with Crippen molar-refractivity contribution < 1.29 is 50.5 Å². The number of amides is 1. The highest BCUT2D eigenvalue weighted by Gasteiger charge is 2.59. The predicted octanol–water partition coefficient (Wildman–Crippen LogP) is 6.73. The molecule has 1 atom stereocenters. The number of nitrogens with zero attached hydrogens (tertiary/aromatic N) is 2. The van der Waals surface area contributed by atoms with Gasteiger partial charge in [-0.15, -0.1) is 0 Å². The van der Waals surface area contributed by atoms with Crippen LogP contribution in [0.5, 0.6) is 5.75 Å². The predicted molar refractivity (Wildman–Crippen MR) is 176 cm³/mol. The molecule has 16 heteroatoms. The van der Waals surface area contributed by atoms with Crippen LogP contribution in [0.25, 0.3) is 10.9 Å². The van der Waals surface area contributed by atoms with Crippen LogP contribution in [0.1, 0.15) is 79.5 Å². The Balaban J connectivity index is 1.70. The number of piperidine rings is 1. The van der Waals surface area contributed by atoms with E-state index in [0.29, 0.717) is 16.5 Å². The van der Waals surface area contributed by atoms with Crippen LogP contribution in [-0.4, -0.2) is 81.6 Å². The van der Waals surface area contributed by atoms with E-state index in [0.717, 1.165) is 13.2 Å². The van der Waals surface area contributed by atoms with Crippen LogP contribution in [0.4, 0.5) is 32.4 Å². The van der Waals surface area contributed by atoms with Gasteiger partial charge in [-0.05, 0) is 93.2 Å². The number of nitrogens with one attached hydrogen (secondary N) is 1. The molecule has 1 aliphatic carbocycles. The minimum Gasteiger partial charge on any atom is -0.496 e. The van der Waals surface area contributed by atoms with E-state index in [4.69, 9.17) is 29.9 Å². The average Bonchev–Trinajstić information content (AvgIpc) is 3.43. The lowest BCUT2D eigenvalue weighted by atomic mass is 9.52. The molecular weight excluding hydrogens is 663 g/mol. The van der Waals surface area contributed by atoms with Crippen LogP contribution >= 0.6 is 0 Å². The van der Waals surface area contributed by atoms with Crippen molar-refractivity contribution in [2.45, 2.75) is 82.5 Å². The number of alkyl halides is 5. The molecule has 1 spiro atoms. The van der Waals surface area contributed by atoms with E-state index in [9.17, 15) is 36.3 Å². The van der Waals surface area contributed by atoms with E-state index >= 15 is 0 Å². The first-order valence-corrected chi connectivity index (χ1v) is 15.8. The van der Waals surface area contributed by atoms with Gasteiger partial charge in [-0.2, -0.15) is 13.2 Å². The Morgan fingerprint density at radius 2 is 1.68 bits per heavy atom. The van der Waals surface area contributed by atoms with Crippen LogP contribution in [-0.2, 0) is 19.6 Å². The number of ether oxygens (including phenoxy) is 3. The van der Waals surface area contributed by atoms with Gasteiger partial charge in [-0.1, -0.05) is 6.07 Å². The summed E-state index contributed by atoms with van der Waals surface area (Å²) < 4.78 is 86.7. The zero-order chi connectivity index (χ0) is 37.2. The Hall–Kier alpha value is -4.07. The molecule has 50 heavy (non-hydrogen) atoms. The van der Waals surface area contributed by atoms with Gasteiger partial charge in [0.2, 0.25) is 5.92 Å². The second-order valence-corrected chi connectivity index (χ2v) is 14.1. The second-order valence-electron chi connectivity index (χ2n) is 14.1. The summed E-state index contributed by atoms with van der Waals surface area (Å²) in [6.07, 6.45) is -5.22. The van der Waals surface area contributed by atoms with Crippen molar-refractivity contribution in [1.82, 2.24) is 9.47 Å². The Kier molecular flexibility index (Phi) is 9.38. The zero-order valence-corrected chi connectivity index (χ0v) is 28.5. The molecule has 1 aliphatic heterocycles. The third kappa shape index (κ3) is 6.95. The van der Waals surface area contributed by atoms with Crippen molar-refractivity contribution in [1.29, 1.82) is 0 Å². The molecule has 9 nitrogen and oxygen atoms in total. The highest BCUT2D eigenvalue weighted by molar-refractivity contribution is 6.41. The Morgan fingerprint density at radius 1 is 1.02 bits per heavy atom. The van der Waals surface area contributed by atoms with Gasteiger partial charge >= 0.3 is 24.1 Å². The number of hydrogen-bond donors (Lipinski definition) is 1. The van der Waals surface area contributed by atoms with Crippen LogP contribution in [0.2, 0.25) is 0 Å². The fraction of sp³-hybridized carbons (Fsp3) is 0.500. The average molecular weight is 699 g/mol. The summed E-state index contributed by atoms with van der Waals surface area (Å²) in [5.41, 5.74) is -1.04. The van der Waals surface area contributed by atoms with Crippen molar-refractivity contribution in [3.63, 3.8) is 0 Å². The van der Waals surface area contributed by atoms with Crippen molar-refractivity contribution >= 4 is 50.3 Å². The summed E-state index contributed by atoms with van der Waals surface area (Å²) in [7, 11) is 16.6. The molecule has 2 fully saturated rings. The number of halogens is 5. The SMILES string of the molecule is [B]C([B])(c1c(OC)cc(C)c2c1ccn2C(=O)OC(C)(C)C)N1CCC2(CC1c1ccc(C(=O)OC)cc1NC(=O)C(F)(F)F)CC(F)(F)C2. The smallest absolute Gasteiger partial charge is 0.471 e. The Morgan fingerprint density at radius 3 is 2.24 bits per heavy atom. The molecule has 2 aliphatic rings. The molecule has 1 N–H and O–H groups in total. The monoisotopic (exact) mass is 699 g/mol. The van der Waals surface area contributed by atoms with Gasteiger partial charge in [0.05, 0.1) is 41.0 Å². The van der Waals surface area contributed by atoms with Crippen LogP contribution in [0.3, 0.4) is 0 Å². The molecule has 2 heterocycles. The molecule has 0 bridgehead atoms. The standard InChI is InChI=1S/C34H36B2F5N3O6/c1-18-13-24(48-5)25(21-9-11-43(26(18)21)29(47)50-30(2,3)4)33(35,36)44-12-10-31(16-32(37,38)17-31)15-23(44)20-8-7-19(27(45)49-6)14-22(20)42-28(46)34(39,40)41/h7-9,11,13-14,23H,10,12,15-17H2,1-6H3,(H,42,46). The molecule has 5 rings (SSSR count). The first-order chi connectivity index (χ1) is 23.0. The van der Waals surface area contributed by atoms with Crippen molar-refractivity contribution in [2.24, 2.45) is 5.41 Å². The minimum absolute atomic E-state index is 0.00442. The topological polar surface area (TPSA) is 99.1 Å². The number of aromatic nitrogens is 1. The van der Waals surface area contributed by atoms with E-state index < -0.39 is 71.0 Å². The molecule has 3 aromatic rings. The van der Waals surface area contributed by atoms with Crippen LogP contribution < -0.4 is 10.1 Å². The number of methoxy groups -OCH3 is 2. The molecule has 1 saturated carbocycles. The fourth-order valence-corrected chi connectivity index (χ4v) is 7.30. The maximum absolute atomic E-state index is 14.4. The van der Waals surface area contributed by atoms with Crippen molar-refractivity contribution in [3.8, 4) is 5.75 Å². The first-order valence-electron chi connectivity index (χ1n) is 15.8. The number of carbonyl (C=O) groups excluding carboxylic acids is 3. The third-order valence-corrected chi connectivity index (χ3v) is 9.30. The third-order valence-electron chi connectivity index (χ3n) is 9.30. The van der Waals surface area contributed by atoms with E-state index in [1.54, 1.807) is 44.7 Å². The number of benzene rings is 2. The number of anilines is 1. The van der Waals surface area contributed by atoms with Gasteiger partial charge in [0, 0.05) is 41.7 Å². The molecule has 4 radical (unpaired) electrons. The number of esters is 1. The number of hydrogen-bond acceptors (Lipinski definition) is 7. The largest absolute Gasteiger partial charge is 0.496 e. The normalized spacial score (nSPS) is 19.1. The van der Waals surface area contributed by atoms with Gasteiger partial charge in [0.15, 0.2) is 0 Å².